The average Bonchev–Trinajstić information content (AvgIpc) is 3.84. The number of phenols is 1. The fourth-order valence-electron chi connectivity index (χ4n) is 10.0. The molecule has 0 saturated heterocycles. The van der Waals surface area contributed by atoms with E-state index in [0.717, 1.165) is 78.0 Å². The second-order valence-electron chi connectivity index (χ2n) is 25.3. The van der Waals surface area contributed by atoms with Crippen LogP contribution in [0.3, 0.4) is 0 Å². The van der Waals surface area contributed by atoms with Crippen molar-refractivity contribution in [1.29, 1.82) is 0 Å². The number of imidazole rings is 1. The summed E-state index contributed by atoms with van der Waals surface area (Å²) in [7, 11) is 0. The lowest BCUT2D eigenvalue weighted by Crippen LogP contribution is -2.17. The number of benzene rings is 7. The topological polar surface area (TPSA) is 50.9 Å². The van der Waals surface area contributed by atoms with E-state index in [4.69, 9.17) is 14.1 Å². The number of pyridine rings is 1. The van der Waals surface area contributed by atoms with Gasteiger partial charge >= 0.3 is 0 Å². The van der Waals surface area contributed by atoms with Gasteiger partial charge in [-0.3, -0.25) is 9.55 Å². The van der Waals surface area contributed by atoms with Crippen LogP contribution < -0.4 is 0 Å². The van der Waals surface area contributed by atoms with Gasteiger partial charge in [-0.05, 0) is 150 Å². The van der Waals surface area contributed by atoms with Gasteiger partial charge < -0.3 is 5.11 Å². The maximum absolute atomic E-state index is 12.8. The summed E-state index contributed by atoms with van der Waals surface area (Å²) in [6, 6.07) is 53.2. The van der Waals surface area contributed by atoms with Crippen LogP contribution in [-0.2, 0) is 27.1 Å². The lowest BCUT2D eigenvalue weighted by molar-refractivity contribution is 0.446. The molecule has 372 valence electrons. The summed E-state index contributed by atoms with van der Waals surface area (Å²) in [5.41, 5.74) is 16.5. The van der Waals surface area contributed by atoms with E-state index in [2.05, 4.69) is 248 Å². The number of fused-ring (bicyclic) bond motifs is 1. The van der Waals surface area contributed by atoms with Crippen LogP contribution in [0.2, 0.25) is 0 Å². The van der Waals surface area contributed by atoms with E-state index in [1.807, 2.05) is 18.3 Å². The Kier molecular flexibility index (Phi) is 11.9. The Balaban J connectivity index is 1.39. The first-order valence-electron chi connectivity index (χ1n) is 27.4. The van der Waals surface area contributed by atoms with Gasteiger partial charge in [0.2, 0.25) is 0 Å². The van der Waals surface area contributed by atoms with E-state index in [1.54, 1.807) is 0 Å². The molecule has 0 aliphatic heterocycles. The number of para-hydroxylation sites is 1. The molecule has 0 fully saturated rings. The molecule has 0 amide bonds. The molecule has 0 unspecified atom stereocenters. The van der Waals surface area contributed by atoms with Crippen LogP contribution in [0, 0.1) is 6.85 Å². The Morgan fingerprint density at radius 1 is 0.425 bits per heavy atom. The molecule has 0 aliphatic carbocycles. The van der Waals surface area contributed by atoms with Gasteiger partial charge in [-0.2, -0.15) is 0 Å². The summed E-state index contributed by atoms with van der Waals surface area (Å²) in [6.07, 6.45) is 1.89. The van der Waals surface area contributed by atoms with E-state index < -0.39 is 17.7 Å². The zero-order chi connectivity index (χ0) is 55.1. The number of nitrogens with zero attached hydrogens (tertiary/aromatic N) is 3. The van der Waals surface area contributed by atoms with Crippen molar-refractivity contribution in [1.82, 2.24) is 14.5 Å². The van der Waals surface area contributed by atoms with Gasteiger partial charge in [0.25, 0.3) is 0 Å². The minimum absolute atomic E-state index is 0.0418. The number of hydrogen-bond acceptors (Lipinski definition) is 3. The maximum atomic E-state index is 12.8. The van der Waals surface area contributed by atoms with Crippen LogP contribution >= 0.6 is 0 Å². The molecular formula is C69H75N3O. The molecule has 0 saturated carbocycles. The molecular weight excluding hydrogens is 887 g/mol. The van der Waals surface area contributed by atoms with Gasteiger partial charge in [0.1, 0.15) is 11.6 Å². The van der Waals surface area contributed by atoms with E-state index in [0.29, 0.717) is 22.6 Å². The number of aryl methyl sites for hydroxylation is 1. The molecule has 2 heterocycles. The van der Waals surface area contributed by atoms with Crippen molar-refractivity contribution in [3.05, 3.63) is 191 Å². The lowest BCUT2D eigenvalue weighted by atomic mass is 9.78. The Hall–Kier alpha value is -7.04. The fourth-order valence-corrected chi connectivity index (χ4v) is 10.0. The summed E-state index contributed by atoms with van der Waals surface area (Å²) in [4.78, 5) is 10.7. The largest absolute Gasteiger partial charge is 0.507 e. The third-order valence-corrected chi connectivity index (χ3v) is 14.4. The van der Waals surface area contributed by atoms with E-state index in [1.165, 1.54) is 11.1 Å². The molecule has 0 radical (unpaired) electrons. The van der Waals surface area contributed by atoms with Crippen LogP contribution in [0.5, 0.6) is 5.75 Å². The van der Waals surface area contributed by atoms with Crippen molar-refractivity contribution in [3.8, 4) is 78.6 Å². The van der Waals surface area contributed by atoms with Crippen molar-refractivity contribution in [2.75, 3.05) is 0 Å². The molecule has 7 aromatic carbocycles. The molecule has 0 aliphatic rings. The number of rotatable bonds is 7. The zero-order valence-electron chi connectivity index (χ0n) is 48.8. The Morgan fingerprint density at radius 2 is 1.00 bits per heavy atom. The first kappa shape index (κ1) is 47.0. The molecule has 0 atom stereocenters. The first-order valence-corrected chi connectivity index (χ1v) is 25.9. The van der Waals surface area contributed by atoms with Crippen LogP contribution in [0.4, 0.5) is 0 Å². The predicted octanol–water partition coefficient (Wildman–Crippen LogP) is 18.9. The van der Waals surface area contributed by atoms with Crippen molar-refractivity contribution in [2.45, 2.75) is 138 Å². The normalized spacial score (nSPS) is 13.5. The van der Waals surface area contributed by atoms with Crippen molar-refractivity contribution in [3.63, 3.8) is 0 Å². The number of phenolic OH excluding ortho intramolecular Hbond substituents is 1. The minimum atomic E-state index is -2.45. The van der Waals surface area contributed by atoms with Gasteiger partial charge in [-0.1, -0.05) is 201 Å². The highest BCUT2D eigenvalue weighted by Gasteiger charge is 2.30. The van der Waals surface area contributed by atoms with Gasteiger partial charge in [0, 0.05) is 32.6 Å². The number of aromatic nitrogens is 3. The lowest BCUT2D eigenvalue weighted by Gasteiger charge is -2.28. The van der Waals surface area contributed by atoms with Gasteiger partial charge in [0.15, 0.2) is 0 Å². The number of aromatic hydroxyl groups is 1. The van der Waals surface area contributed by atoms with Gasteiger partial charge in [-0.25, -0.2) is 4.98 Å². The second-order valence-corrected chi connectivity index (χ2v) is 25.3. The molecule has 0 bridgehead atoms. The first-order chi connectivity index (χ1) is 35.4. The quantitative estimate of drug-likeness (QED) is 0.173. The zero-order valence-corrected chi connectivity index (χ0v) is 45.8. The molecule has 73 heavy (non-hydrogen) atoms. The van der Waals surface area contributed by atoms with E-state index >= 15 is 0 Å². The summed E-state index contributed by atoms with van der Waals surface area (Å²) in [6.45, 7) is 30.0. The van der Waals surface area contributed by atoms with Crippen LogP contribution in [0.25, 0.3) is 83.9 Å². The SMILES string of the molecule is [2H]C([2H])([2H])c1cc(-n2c(-c3cc(C(C)(C)C)cc(C(C)(C)C)c3O)nc3c(-c4cc(-c5ccccc5)cc(-c5cc(-c6ccc(C(C)(C)C)cc6)ccn5)c4)cccc32)c(-c2ccc(C(C)(C)C)cc2)cc1C(C)(C)C. The number of hydrogen-bond donors (Lipinski definition) is 1. The third-order valence-electron chi connectivity index (χ3n) is 14.4. The summed E-state index contributed by atoms with van der Waals surface area (Å²) in [5, 5.41) is 12.8. The van der Waals surface area contributed by atoms with Crippen LogP contribution in [-0.4, -0.2) is 19.6 Å². The van der Waals surface area contributed by atoms with Crippen LogP contribution in [0.1, 0.15) is 141 Å². The summed E-state index contributed by atoms with van der Waals surface area (Å²) < 4.78 is 29.4. The average molecular weight is 965 g/mol. The summed E-state index contributed by atoms with van der Waals surface area (Å²) >= 11 is 0. The van der Waals surface area contributed by atoms with Crippen molar-refractivity contribution in [2.24, 2.45) is 0 Å². The van der Waals surface area contributed by atoms with Gasteiger partial charge in [0.05, 0.1) is 28.0 Å². The second kappa shape index (κ2) is 18.5. The van der Waals surface area contributed by atoms with Crippen molar-refractivity contribution < 1.29 is 9.22 Å². The van der Waals surface area contributed by atoms with Gasteiger partial charge in [-0.15, -0.1) is 0 Å². The Bertz CT molecular complexity index is 3620. The predicted molar refractivity (Wildman–Crippen MR) is 311 cm³/mol. The maximum Gasteiger partial charge on any atom is 0.149 e. The van der Waals surface area contributed by atoms with E-state index in [9.17, 15) is 5.11 Å². The highest BCUT2D eigenvalue weighted by atomic mass is 16.3. The minimum Gasteiger partial charge on any atom is -0.507 e. The Morgan fingerprint density at radius 3 is 1.59 bits per heavy atom. The molecule has 4 heteroatoms. The summed E-state index contributed by atoms with van der Waals surface area (Å²) in [5.74, 6) is 0.653. The molecule has 9 rings (SSSR count). The highest BCUT2D eigenvalue weighted by molar-refractivity contribution is 5.98. The Labute approximate surface area is 440 Å². The fraction of sp³-hybridized carbons (Fsp3) is 0.304. The third kappa shape index (κ3) is 10.2. The molecule has 2 aromatic heterocycles. The molecule has 4 nitrogen and oxygen atoms in total. The monoisotopic (exact) mass is 965 g/mol. The smallest absolute Gasteiger partial charge is 0.149 e. The standard InChI is InChI=1S/C69H75N3O/c1-43-35-61(55(42-57(43)68(11,12)13)46-27-31-52(32-28-46)66(5,6)7)72-60-24-20-23-54(62(60)71-64(72)56-40-53(67(8,9)10)41-58(63(56)73)69(14,15)16)49-36-48(44-21-18-17-19-22-44)37-50(38-49)59-39-47(33-34-70-59)45-25-29-51(30-26-45)65(2,3)4/h17-42,73H,1-16H3/i1D3. The highest BCUT2D eigenvalue weighted by Crippen LogP contribution is 2.47. The molecule has 1 N–H and O–H groups in total. The van der Waals surface area contributed by atoms with Crippen LogP contribution in [0.15, 0.2) is 158 Å². The molecule has 9 aromatic rings. The van der Waals surface area contributed by atoms with Crippen molar-refractivity contribution >= 4 is 11.0 Å². The van der Waals surface area contributed by atoms with E-state index in [-0.39, 0.29) is 27.6 Å². The molecule has 0 spiro atoms.